The van der Waals surface area contributed by atoms with Gasteiger partial charge in [0.05, 0.1) is 16.1 Å². The van der Waals surface area contributed by atoms with E-state index in [0.29, 0.717) is 16.1 Å². The fourth-order valence-electron chi connectivity index (χ4n) is 2.73. The third kappa shape index (κ3) is 2.95. The highest BCUT2D eigenvalue weighted by molar-refractivity contribution is 7.92. The summed E-state index contributed by atoms with van der Waals surface area (Å²) in [7, 11) is -3.77. The number of anilines is 1. The highest BCUT2D eigenvalue weighted by Crippen LogP contribution is 2.31. The van der Waals surface area contributed by atoms with Crippen LogP contribution in [0.25, 0.3) is 0 Å². The minimum Gasteiger partial charge on any atom is -0.278 e. The second-order valence-corrected chi connectivity index (χ2v) is 7.34. The van der Waals surface area contributed by atoms with Gasteiger partial charge in [-0.25, -0.2) is 8.42 Å². The zero-order chi connectivity index (χ0) is 17.4. The van der Waals surface area contributed by atoms with Crippen LogP contribution >= 0.6 is 0 Å². The van der Waals surface area contributed by atoms with Crippen molar-refractivity contribution in [3.63, 3.8) is 0 Å². The molecule has 23 heavy (non-hydrogen) atoms. The Balaban J connectivity index is 2.65. The highest BCUT2D eigenvalue weighted by Gasteiger charge is 2.24. The van der Waals surface area contributed by atoms with Gasteiger partial charge in [0, 0.05) is 0 Å². The number of nitrogens with zero attached hydrogens (tertiary/aromatic N) is 1. The van der Waals surface area contributed by atoms with Crippen LogP contribution in [0.15, 0.2) is 29.2 Å². The van der Waals surface area contributed by atoms with E-state index in [2.05, 4.69) is 4.72 Å². The molecule has 0 spiro atoms. The fourth-order valence-corrected chi connectivity index (χ4v) is 4.42. The van der Waals surface area contributed by atoms with Gasteiger partial charge in [-0.15, -0.1) is 0 Å². The van der Waals surface area contributed by atoms with E-state index in [1.54, 1.807) is 24.3 Å². The average molecular weight is 328 g/mol. The predicted molar refractivity (Wildman–Crippen MR) is 92.1 cm³/mol. The normalized spacial score (nSPS) is 11.1. The molecule has 4 nitrogen and oxygen atoms in total. The molecular formula is C18H20N2O2S. The molecule has 0 fully saturated rings. The van der Waals surface area contributed by atoms with Gasteiger partial charge in [-0.3, -0.25) is 4.72 Å². The maximum Gasteiger partial charge on any atom is 0.262 e. The number of nitriles is 1. The Kier molecular flexibility index (Phi) is 4.49. The van der Waals surface area contributed by atoms with Crippen molar-refractivity contribution >= 4 is 15.7 Å². The molecule has 2 aromatic rings. The minimum atomic E-state index is -3.77. The minimum absolute atomic E-state index is 0.296. The van der Waals surface area contributed by atoms with E-state index in [9.17, 15) is 8.42 Å². The maximum atomic E-state index is 12.9. The Bertz CT molecular complexity index is 894. The van der Waals surface area contributed by atoms with Gasteiger partial charge in [-0.05, 0) is 74.6 Å². The van der Waals surface area contributed by atoms with Crippen molar-refractivity contribution in [2.75, 3.05) is 4.72 Å². The summed E-state index contributed by atoms with van der Waals surface area (Å²) in [5.41, 5.74) is 5.14. The molecule has 0 bridgehead atoms. The summed E-state index contributed by atoms with van der Waals surface area (Å²) in [4.78, 5) is 0.297. The summed E-state index contributed by atoms with van der Waals surface area (Å²) in [5, 5.41) is 9.13. The Morgan fingerprint density at radius 1 is 0.870 bits per heavy atom. The molecule has 0 heterocycles. The summed E-state index contributed by atoms with van der Waals surface area (Å²) >= 11 is 0. The maximum absolute atomic E-state index is 12.9. The van der Waals surface area contributed by atoms with Crippen LogP contribution in [0.3, 0.4) is 0 Å². The first-order chi connectivity index (χ1) is 10.7. The lowest BCUT2D eigenvalue weighted by Crippen LogP contribution is -2.18. The monoisotopic (exact) mass is 328 g/mol. The molecule has 0 saturated heterocycles. The van der Waals surface area contributed by atoms with Crippen molar-refractivity contribution in [1.82, 2.24) is 0 Å². The molecule has 0 amide bonds. The van der Waals surface area contributed by atoms with Gasteiger partial charge in [0.25, 0.3) is 10.0 Å². The van der Waals surface area contributed by atoms with Crippen LogP contribution in [0.1, 0.15) is 33.4 Å². The van der Waals surface area contributed by atoms with Gasteiger partial charge in [-0.2, -0.15) is 5.26 Å². The third-order valence-electron chi connectivity index (χ3n) is 4.49. The quantitative estimate of drug-likeness (QED) is 0.929. The number of hydrogen-bond donors (Lipinski definition) is 1. The molecule has 0 aromatic heterocycles. The number of benzene rings is 2. The zero-order valence-corrected chi connectivity index (χ0v) is 14.8. The van der Waals surface area contributed by atoms with Crippen LogP contribution in [-0.2, 0) is 10.0 Å². The highest BCUT2D eigenvalue weighted by atomic mass is 32.2. The van der Waals surface area contributed by atoms with Crippen LogP contribution in [-0.4, -0.2) is 8.42 Å². The molecular weight excluding hydrogens is 308 g/mol. The summed E-state index contributed by atoms with van der Waals surface area (Å²) in [5.74, 6) is 0. The number of sulfonamides is 1. The molecule has 0 aliphatic heterocycles. The third-order valence-corrected chi connectivity index (χ3v) is 6.13. The first-order valence-corrected chi connectivity index (χ1v) is 8.78. The van der Waals surface area contributed by atoms with Crippen LogP contribution in [0, 0.1) is 45.9 Å². The van der Waals surface area contributed by atoms with Gasteiger partial charge in [-0.1, -0.05) is 12.1 Å². The van der Waals surface area contributed by atoms with Crippen LogP contribution in [0.4, 0.5) is 5.69 Å². The topological polar surface area (TPSA) is 70.0 Å². The van der Waals surface area contributed by atoms with E-state index in [4.69, 9.17) is 5.26 Å². The molecule has 0 aliphatic carbocycles. The van der Waals surface area contributed by atoms with E-state index in [1.807, 2.05) is 40.7 Å². The lowest BCUT2D eigenvalue weighted by atomic mass is 9.95. The van der Waals surface area contributed by atoms with Crippen molar-refractivity contribution in [1.29, 1.82) is 5.26 Å². The predicted octanol–water partition coefficient (Wildman–Crippen LogP) is 3.90. The van der Waals surface area contributed by atoms with Gasteiger partial charge in [0.15, 0.2) is 0 Å². The van der Waals surface area contributed by atoms with Crippen molar-refractivity contribution in [3.05, 3.63) is 57.6 Å². The fraction of sp³-hybridized carbons (Fsp3) is 0.278. The summed E-state index contributed by atoms with van der Waals surface area (Å²) < 4.78 is 28.4. The smallest absolute Gasteiger partial charge is 0.262 e. The number of para-hydroxylation sites is 1. The molecule has 0 atom stereocenters. The lowest BCUT2D eigenvalue weighted by molar-refractivity contribution is 0.599. The first-order valence-electron chi connectivity index (χ1n) is 7.29. The first kappa shape index (κ1) is 17.0. The van der Waals surface area contributed by atoms with Gasteiger partial charge in [0.2, 0.25) is 0 Å². The average Bonchev–Trinajstić information content (AvgIpc) is 2.51. The van der Waals surface area contributed by atoms with E-state index in [1.165, 1.54) is 0 Å². The standard InChI is InChI=1S/C18H20N2O2S/c1-11-12(2)14(4)18(15(5)13(11)3)23(21,22)20-17-9-7-6-8-16(17)10-19/h6-9,20H,1-5H3. The van der Waals surface area contributed by atoms with Crippen molar-refractivity contribution in [2.45, 2.75) is 39.5 Å². The van der Waals surface area contributed by atoms with Crippen molar-refractivity contribution < 1.29 is 8.42 Å². The SMILES string of the molecule is Cc1c(C)c(C)c(S(=O)(=O)Nc2ccccc2C#N)c(C)c1C. The Hall–Kier alpha value is -2.32. The molecule has 1 N–H and O–H groups in total. The van der Waals surface area contributed by atoms with Gasteiger partial charge >= 0.3 is 0 Å². The molecule has 120 valence electrons. The van der Waals surface area contributed by atoms with E-state index < -0.39 is 10.0 Å². The summed E-state index contributed by atoms with van der Waals surface area (Å²) in [6.45, 7) is 9.50. The molecule has 2 rings (SSSR count). The van der Waals surface area contributed by atoms with E-state index in [-0.39, 0.29) is 0 Å². The largest absolute Gasteiger partial charge is 0.278 e. The number of hydrogen-bond acceptors (Lipinski definition) is 3. The molecule has 2 aromatic carbocycles. The zero-order valence-electron chi connectivity index (χ0n) is 14.0. The Morgan fingerprint density at radius 3 is 1.87 bits per heavy atom. The summed E-state index contributed by atoms with van der Waals surface area (Å²) in [6.07, 6.45) is 0. The molecule has 5 heteroatoms. The molecule has 0 unspecified atom stereocenters. The van der Waals surface area contributed by atoms with E-state index >= 15 is 0 Å². The van der Waals surface area contributed by atoms with Gasteiger partial charge in [0.1, 0.15) is 6.07 Å². The van der Waals surface area contributed by atoms with Crippen LogP contribution in [0.5, 0.6) is 0 Å². The second kappa shape index (κ2) is 6.05. The summed E-state index contributed by atoms with van der Waals surface area (Å²) in [6, 6.07) is 8.58. The van der Waals surface area contributed by atoms with Crippen molar-refractivity contribution in [3.8, 4) is 6.07 Å². The van der Waals surface area contributed by atoms with E-state index in [0.717, 1.165) is 27.8 Å². The molecule has 0 radical (unpaired) electrons. The Labute approximate surface area is 137 Å². The van der Waals surface area contributed by atoms with Crippen molar-refractivity contribution in [2.24, 2.45) is 0 Å². The lowest BCUT2D eigenvalue weighted by Gasteiger charge is -2.19. The van der Waals surface area contributed by atoms with Gasteiger partial charge < -0.3 is 0 Å². The second-order valence-electron chi connectivity index (χ2n) is 5.72. The molecule has 0 aliphatic rings. The number of nitrogens with one attached hydrogen (secondary N) is 1. The van der Waals surface area contributed by atoms with Crippen LogP contribution < -0.4 is 4.72 Å². The number of rotatable bonds is 3. The Morgan fingerprint density at radius 2 is 1.35 bits per heavy atom. The molecule has 0 saturated carbocycles. The van der Waals surface area contributed by atoms with Crippen LogP contribution in [0.2, 0.25) is 0 Å².